The predicted octanol–water partition coefficient (Wildman–Crippen LogP) is 19.0. The van der Waals surface area contributed by atoms with Crippen molar-refractivity contribution in [2.75, 3.05) is 0 Å². The molecule has 18 aromatic carbocycles. The van der Waals surface area contributed by atoms with Gasteiger partial charge in [-0.05, 0) is 218 Å². The third kappa shape index (κ3) is 30.0. The molecule has 18 aromatic rings. The van der Waals surface area contributed by atoms with Crippen LogP contribution in [0.3, 0.4) is 0 Å². The zero-order valence-corrected chi connectivity index (χ0v) is 77.4. The van der Waals surface area contributed by atoms with Crippen LogP contribution in [0.4, 0.5) is 0 Å². The molecule has 0 saturated carbocycles. The van der Waals surface area contributed by atoms with Crippen molar-refractivity contribution in [3.8, 4) is 0 Å². The topological polar surface area (TPSA) is 0 Å². The minimum atomic E-state index is -0.877. The molecule has 120 heavy (non-hydrogen) atoms. The Kier molecular flexibility index (Phi) is 46.4. The van der Waals surface area contributed by atoms with E-state index in [1.165, 1.54) is 95.5 Å². The largest absolute Gasteiger partial charge is 0.102 e. The van der Waals surface area contributed by atoms with Crippen LogP contribution in [-0.2, 0) is 102 Å². The third-order valence-corrected chi connectivity index (χ3v) is 35.5. The fraction of sp³-hybridized carbons (Fsp3) is 0. The number of hydrogen-bond donors (Lipinski definition) is 0. The maximum absolute atomic E-state index is 2.24. The molecule has 0 bridgehead atoms. The Morgan fingerprint density at radius 2 is 0.108 bits per heavy atom. The Balaban J connectivity index is 0.000000196. The van der Waals surface area contributed by atoms with Gasteiger partial charge in [-0.3, -0.25) is 0 Å². The molecule has 618 valence electrons. The van der Waals surface area contributed by atoms with E-state index in [0.29, 0.717) is 0 Å². The van der Waals surface area contributed by atoms with Crippen LogP contribution in [0, 0.1) is 0 Å². The van der Waals surface area contributed by atoms with Crippen LogP contribution < -0.4 is 95.5 Å². The molecule has 0 heterocycles. The van der Waals surface area contributed by atoms with Crippen molar-refractivity contribution in [3.05, 3.63) is 546 Å². The van der Waals surface area contributed by atoms with Gasteiger partial charge in [-0.2, -0.15) is 0 Å². The molecule has 0 N–H and O–H groups in total. The molecule has 0 spiro atoms. The van der Waals surface area contributed by atoms with E-state index < -0.39 is 47.5 Å². The van der Waals surface area contributed by atoms with Gasteiger partial charge in [-0.25, -0.2) is 0 Å². The Morgan fingerprint density at radius 1 is 0.0667 bits per heavy atom. The van der Waals surface area contributed by atoms with Crippen molar-refractivity contribution < 1.29 is 102 Å². The fourth-order valence-electron chi connectivity index (χ4n) is 13.9. The smallest absolute Gasteiger partial charge is 0.0620 e. The van der Waals surface area contributed by atoms with E-state index in [4.69, 9.17) is 0 Å². The standard InChI is InChI=1S/6C18H15P.6Cu/c6*1-4-10-16(11-5-1)19(17-12-6-2-7-13-17)18-14-8-3-9-15-18;;;;;;/h6*1-15H;;;;;;/p+6. The van der Waals surface area contributed by atoms with Crippen LogP contribution in [0.15, 0.2) is 546 Å². The normalized spacial score (nSPS) is 10.1. The molecule has 0 atom stereocenters. The summed E-state index contributed by atoms with van der Waals surface area (Å²) in [7, 11) is -5.26. The Labute approximate surface area is 783 Å². The summed E-state index contributed by atoms with van der Waals surface area (Å²) in [4.78, 5) is 0. The van der Waals surface area contributed by atoms with Crippen molar-refractivity contribution >= 4 is 143 Å². The van der Waals surface area contributed by atoms with Crippen LogP contribution in [0.5, 0.6) is 0 Å². The second kappa shape index (κ2) is 56.4. The van der Waals surface area contributed by atoms with Crippen molar-refractivity contribution in [2.24, 2.45) is 0 Å². The maximum atomic E-state index is 2.24. The Bertz CT molecular complexity index is 4100. The summed E-state index contributed by atoms with van der Waals surface area (Å²) in [5, 5.41) is 25.8. The van der Waals surface area contributed by atoms with Crippen LogP contribution in [0.2, 0.25) is 0 Å². The predicted molar refractivity (Wildman–Crippen MR) is 519 cm³/mol. The molecular formula is C108H96Cu6P6+6. The molecule has 0 aliphatic heterocycles. The number of benzene rings is 18. The fourth-order valence-corrected chi connectivity index (χ4v) is 29.4. The second-order valence-electron chi connectivity index (χ2n) is 26.8. The first-order chi connectivity index (χ1) is 56.7. The van der Waals surface area contributed by atoms with E-state index in [2.05, 4.69) is 546 Å². The summed E-state index contributed by atoms with van der Waals surface area (Å²) in [5.74, 6) is 0. The van der Waals surface area contributed by atoms with Crippen LogP contribution in [0.25, 0.3) is 0 Å². The summed E-state index contributed by atoms with van der Waals surface area (Å²) >= 11 is 0. The molecule has 0 saturated heterocycles. The molecule has 0 aliphatic rings. The van der Waals surface area contributed by atoms with E-state index in [1.54, 1.807) is 0 Å². The van der Waals surface area contributed by atoms with E-state index in [1.807, 2.05) is 0 Å². The van der Waals surface area contributed by atoms with Crippen LogP contribution in [0.1, 0.15) is 0 Å². The summed E-state index contributed by atoms with van der Waals surface area (Å²) in [5.41, 5.74) is 0. The van der Waals surface area contributed by atoms with Crippen LogP contribution >= 0.6 is 47.5 Å². The Hall–Kier alpha value is -8.34. The van der Waals surface area contributed by atoms with Crippen molar-refractivity contribution in [2.45, 2.75) is 0 Å². The minimum Gasteiger partial charge on any atom is -0.0620 e. The van der Waals surface area contributed by atoms with Gasteiger partial charge in [0.2, 0.25) is 0 Å². The van der Waals surface area contributed by atoms with Gasteiger partial charge in [-0.15, -0.1) is 0 Å². The summed E-state index contributed by atoms with van der Waals surface area (Å²) in [6.45, 7) is 0. The van der Waals surface area contributed by atoms with Crippen molar-refractivity contribution in [1.29, 1.82) is 0 Å². The van der Waals surface area contributed by atoms with Gasteiger partial charge in [-0.1, -0.05) is 328 Å². The summed E-state index contributed by atoms with van der Waals surface area (Å²) in [6.07, 6.45) is 0. The monoisotopic (exact) mass is 1960 g/mol. The number of hydrogen-bond acceptors (Lipinski definition) is 0. The molecule has 6 radical (unpaired) electrons. The first kappa shape index (κ1) is 98.8. The quantitative estimate of drug-likeness (QED) is 0.0593. The molecule has 0 unspecified atom stereocenters. The number of rotatable bonds is 18. The van der Waals surface area contributed by atoms with Gasteiger partial charge in [0.25, 0.3) is 0 Å². The summed E-state index contributed by atoms with van der Waals surface area (Å²) < 4.78 is 0. The SMILES string of the molecule is [Cu].[Cu].[Cu].[Cu].[Cu].[Cu].c1ccc([PH+](c2ccccc2)c2ccccc2)cc1.c1ccc([PH+](c2ccccc2)c2ccccc2)cc1.c1ccc([PH+](c2ccccc2)c2ccccc2)cc1.c1ccc([PH+](c2ccccc2)c2ccccc2)cc1.c1ccc([PH+](c2ccccc2)c2ccccc2)cc1.c1ccc([PH+](c2ccccc2)c2ccccc2)cc1. The van der Waals surface area contributed by atoms with E-state index in [-0.39, 0.29) is 102 Å². The van der Waals surface area contributed by atoms with Gasteiger partial charge in [0.05, 0.1) is 47.5 Å². The molecular weight excluding hydrogens is 1860 g/mol. The molecule has 0 aromatic heterocycles. The van der Waals surface area contributed by atoms with E-state index >= 15 is 0 Å². The first-order valence-electron chi connectivity index (χ1n) is 38.9. The minimum absolute atomic E-state index is 0. The second-order valence-corrected chi connectivity index (χ2v) is 41.7. The third-order valence-electron chi connectivity index (χ3n) is 19.1. The molecule has 0 fully saturated rings. The first-order valence-corrected chi connectivity index (χ1v) is 47.9. The van der Waals surface area contributed by atoms with Gasteiger partial charge < -0.3 is 0 Å². The molecule has 0 aliphatic carbocycles. The summed E-state index contributed by atoms with van der Waals surface area (Å²) in [6, 6.07) is 195. The average Bonchev–Trinajstić information content (AvgIpc) is 0.853. The average molecular weight is 1960 g/mol. The molecule has 0 amide bonds. The maximum Gasteiger partial charge on any atom is 0.102 e. The van der Waals surface area contributed by atoms with E-state index in [9.17, 15) is 0 Å². The van der Waals surface area contributed by atoms with Gasteiger partial charge in [0, 0.05) is 102 Å². The molecule has 0 nitrogen and oxygen atoms in total. The van der Waals surface area contributed by atoms with Gasteiger partial charge in [0.15, 0.2) is 0 Å². The zero-order valence-electron chi connectivity index (χ0n) is 65.8. The van der Waals surface area contributed by atoms with Crippen molar-refractivity contribution in [1.82, 2.24) is 0 Å². The van der Waals surface area contributed by atoms with Crippen molar-refractivity contribution in [3.63, 3.8) is 0 Å². The Morgan fingerprint density at radius 3 is 0.150 bits per heavy atom. The molecule has 12 heteroatoms. The van der Waals surface area contributed by atoms with E-state index in [0.717, 1.165) is 0 Å². The van der Waals surface area contributed by atoms with Crippen LogP contribution in [-0.4, -0.2) is 0 Å². The molecule has 18 rings (SSSR count). The zero-order chi connectivity index (χ0) is 77.5. The van der Waals surface area contributed by atoms with Gasteiger partial charge >= 0.3 is 0 Å². The van der Waals surface area contributed by atoms with Gasteiger partial charge in [0.1, 0.15) is 95.5 Å².